The Morgan fingerprint density at radius 2 is 2.56 bits per heavy atom. The van der Waals surface area contributed by atoms with Crippen molar-refractivity contribution in [2.45, 2.75) is 12.8 Å². The fourth-order valence-electron chi connectivity index (χ4n) is 0.622. The molecule has 0 spiro atoms. The van der Waals surface area contributed by atoms with Gasteiger partial charge in [-0.05, 0) is 37.2 Å². The molecule has 0 aromatic rings. The topological polar surface area (TPSA) is 0 Å². The molecule has 0 bridgehead atoms. The molecule has 1 aliphatic rings. The summed E-state index contributed by atoms with van der Waals surface area (Å²) in [5.41, 5.74) is 0. The monoisotopic (exact) mass is 123 g/mol. The predicted octanol–water partition coefficient (Wildman–Crippen LogP) is 2.09. The minimum atomic E-state index is 0.752. The van der Waals surface area contributed by atoms with Crippen LogP contribution in [-0.2, 0) is 0 Å². The molecule has 0 heterocycles. The Balaban J connectivity index is 2.05. The van der Waals surface area contributed by atoms with Gasteiger partial charge in [-0.1, -0.05) is 6.08 Å². The molecular formula is C8H8F. The molecular weight excluding hydrogens is 115 g/mol. The first-order valence-electron chi connectivity index (χ1n) is 3.03. The van der Waals surface area contributed by atoms with Crippen LogP contribution >= 0.6 is 0 Å². The summed E-state index contributed by atoms with van der Waals surface area (Å²) in [5.74, 6) is 2.97. The van der Waals surface area contributed by atoms with Crippen molar-refractivity contribution in [1.29, 1.82) is 0 Å². The van der Waals surface area contributed by atoms with Crippen LogP contribution < -0.4 is 0 Å². The predicted molar refractivity (Wildman–Crippen MR) is 35.0 cm³/mol. The molecule has 47 valence electrons. The zero-order valence-corrected chi connectivity index (χ0v) is 5.10. The van der Waals surface area contributed by atoms with E-state index in [1.807, 2.05) is 6.08 Å². The molecule has 0 N–H and O–H groups in total. The van der Waals surface area contributed by atoms with Crippen molar-refractivity contribution < 1.29 is 4.39 Å². The Morgan fingerprint density at radius 1 is 1.78 bits per heavy atom. The second kappa shape index (κ2) is 3.29. The normalized spacial score (nSPS) is 17.4. The maximum atomic E-state index is 11.1. The molecule has 1 heteroatoms. The van der Waals surface area contributed by atoms with Gasteiger partial charge in [0.05, 0.1) is 0 Å². The van der Waals surface area contributed by atoms with Crippen LogP contribution in [0.3, 0.4) is 0 Å². The number of hydrogen-bond acceptors (Lipinski definition) is 0. The number of allylic oxidation sites excluding steroid dienone is 2. The molecule has 1 aliphatic carbocycles. The van der Waals surface area contributed by atoms with Crippen molar-refractivity contribution >= 4 is 0 Å². The summed E-state index contributed by atoms with van der Waals surface area (Å²) in [6.45, 7) is 0. The van der Waals surface area contributed by atoms with Crippen molar-refractivity contribution in [3.63, 3.8) is 0 Å². The van der Waals surface area contributed by atoms with E-state index < -0.39 is 0 Å². The molecule has 0 nitrogen and oxygen atoms in total. The smallest absolute Gasteiger partial charge is 0.110 e. The quantitative estimate of drug-likeness (QED) is 0.493. The Kier molecular flexibility index (Phi) is 2.32. The van der Waals surface area contributed by atoms with Gasteiger partial charge in [-0.25, -0.2) is 0 Å². The molecule has 0 saturated heterocycles. The Hall–Kier alpha value is -0.770. The van der Waals surface area contributed by atoms with E-state index in [0.29, 0.717) is 0 Å². The first kappa shape index (κ1) is 6.35. The van der Waals surface area contributed by atoms with Crippen molar-refractivity contribution in [3.8, 4) is 12.1 Å². The molecule has 1 fully saturated rings. The molecule has 1 saturated carbocycles. The number of rotatable bonds is 2. The first-order valence-corrected chi connectivity index (χ1v) is 3.03. The van der Waals surface area contributed by atoms with E-state index in [2.05, 4.69) is 12.3 Å². The lowest BCUT2D eigenvalue weighted by molar-refractivity contribution is 0.774. The van der Waals surface area contributed by atoms with E-state index >= 15 is 0 Å². The summed E-state index contributed by atoms with van der Waals surface area (Å²) in [6, 6.07) is 0. The van der Waals surface area contributed by atoms with E-state index in [-0.39, 0.29) is 0 Å². The van der Waals surface area contributed by atoms with E-state index in [1.54, 1.807) is 6.08 Å². The zero-order chi connectivity index (χ0) is 6.53. The molecule has 1 unspecified atom stereocenters. The van der Waals surface area contributed by atoms with Gasteiger partial charge in [-0.15, -0.1) is 4.39 Å². The fourth-order valence-corrected chi connectivity index (χ4v) is 0.622. The van der Waals surface area contributed by atoms with Crippen LogP contribution in [0.2, 0.25) is 0 Å². The van der Waals surface area contributed by atoms with Gasteiger partial charge in [0.25, 0.3) is 0 Å². The Bertz CT molecular complexity index is 155. The average Bonchev–Trinajstić information content (AvgIpc) is 2.63. The van der Waals surface area contributed by atoms with Crippen LogP contribution in [-0.4, -0.2) is 0 Å². The van der Waals surface area contributed by atoms with Crippen LogP contribution in [0.25, 0.3) is 0 Å². The summed E-state index contributed by atoms with van der Waals surface area (Å²) in [4.78, 5) is 0. The third-order valence-corrected chi connectivity index (χ3v) is 1.26. The van der Waals surface area contributed by atoms with Crippen LogP contribution in [0.15, 0.2) is 12.2 Å². The van der Waals surface area contributed by atoms with Gasteiger partial charge in [0.1, 0.15) is 6.17 Å². The SMILES string of the molecule is FC#CC=CCC1[CH]C1. The third-order valence-electron chi connectivity index (χ3n) is 1.26. The van der Waals surface area contributed by atoms with Crippen LogP contribution in [0.4, 0.5) is 4.39 Å². The molecule has 0 aliphatic heterocycles. The van der Waals surface area contributed by atoms with Gasteiger partial charge in [0, 0.05) is 0 Å². The first-order chi connectivity index (χ1) is 4.43. The fraction of sp³-hybridized carbons (Fsp3) is 0.375. The molecule has 1 rings (SSSR count). The van der Waals surface area contributed by atoms with Crippen molar-refractivity contribution in [3.05, 3.63) is 18.6 Å². The summed E-state index contributed by atoms with van der Waals surface area (Å²) in [5, 5.41) is 0. The van der Waals surface area contributed by atoms with E-state index in [4.69, 9.17) is 0 Å². The summed E-state index contributed by atoms with van der Waals surface area (Å²) < 4.78 is 11.1. The molecule has 9 heavy (non-hydrogen) atoms. The maximum Gasteiger partial charge on any atom is 0.110 e. The van der Waals surface area contributed by atoms with Gasteiger partial charge in [0.2, 0.25) is 0 Å². The lowest BCUT2D eigenvalue weighted by atomic mass is 10.3. The minimum absolute atomic E-state index is 0.752. The highest BCUT2D eigenvalue weighted by Crippen LogP contribution is 2.30. The van der Waals surface area contributed by atoms with Crippen LogP contribution in [0, 0.1) is 24.4 Å². The molecule has 0 amide bonds. The second-order valence-electron chi connectivity index (χ2n) is 2.11. The Morgan fingerprint density at radius 3 is 3.11 bits per heavy atom. The van der Waals surface area contributed by atoms with Gasteiger partial charge < -0.3 is 0 Å². The van der Waals surface area contributed by atoms with Crippen molar-refractivity contribution in [2.75, 3.05) is 0 Å². The van der Waals surface area contributed by atoms with Gasteiger partial charge >= 0.3 is 0 Å². The summed E-state index contributed by atoms with van der Waals surface area (Å²) >= 11 is 0. The molecule has 0 aromatic carbocycles. The molecule has 1 radical (unpaired) electrons. The molecule has 1 atom stereocenters. The summed E-state index contributed by atoms with van der Waals surface area (Å²) in [7, 11) is 0. The van der Waals surface area contributed by atoms with Crippen molar-refractivity contribution in [2.24, 2.45) is 5.92 Å². The lowest BCUT2D eigenvalue weighted by Gasteiger charge is -1.79. The highest BCUT2D eigenvalue weighted by molar-refractivity contribution is 5.13. The lowest BCUT2D eigenvalue weighted by Crippen LogP contribution is -1.66. The summed E-state index contributed by atoms with van der Waals surface area (Å²) in [6.07, 6.45) is 9.25. The highest BCUT2D eigenvalue weighted by atomic mass is 19.1. The van der Waals surface area contributed by atoms with E-state index in [9.17, 15) is 4.39 Å². The van der Waals surface area contributed by atoms with Crippen molar-refractivity contribution in [1.82, 2.24) is 0 Å². The highest BCUT2D eigenvalue weighted by Gasteiger charge is 2.19. The van der Waals surface area contributed by atoms with Gasteiger partial charge in [0.15, 0.2) is 0 Å². The van der Waals surface area contributed by atoms with Gasteiger partial charge in [-0.2, -0.15) is 0 Å². The van der Waals surface area contributed by atoms with E-state index in [1.165, 1.54) is 12.6 Å². The number of hydrogen-bond donors (Lipinski definition) is 0. The third kappa shape index (κ3) is 2.92. The maximum absolute atomic E-state index is 11.1. The van der Waals surface area contributed by atoms with Crippen LogP contribution in [0.1, 0.15) is 12.8 Å². The molecule has 0 aromatic heterocycles. The Labute approximate surface area is 54.8 Å². The largest absolute Gasteiger partial charge is 0.144 e. The average molecular weight is 123 g/mol. The number of halogens is 1. The van der Waals surface area contributed by atoms with Crippen LogP contribution in [0.5, 0.6) is 0 Å². The minimum Gasteiger partial charge on any atom is -0.144 e. The van der Waals surface area contributed by atoms with E-state index in [0.717, 1.165) is 12.3 Å². The zero-order valence-electron chi connectivity index (χ0n) is 5.10. The second-order valence-corrected chi connectivity index (χ2v) is 2.11. The standard InChI is InChI=1S/C8H8F/c9-7-3-1-2-4-8-5-6-8/h1-2,5,8H,4,6H2. The van der Waals surface area contributed by atoms with Gasteiger partial charge in [-0.3, -0.25) is 0 Å².